The molecule has 0 amide bonds. The number of aryl methyl sites for hydroxylation is 1. The Kier molecular flexibility index (Phi) is 3.33. The minimum absolute atomic E-state index is 0.676. The highest BCUT2D eigenvalue weighted by Gasteiger charge is 2.23. The average Bonchev–Trinajstić information content (AvgIpc) is 2.09. The zero-order chi connectivity index (χ0) is 10.8. The number of aliphatic hydroxyl groups is 1. The Morgan fingerprint density at radius 3 is 2.50 bits per heavy atom. The van der Waals surface area contributed by atoms with Crippen molar-refractivity contribution < 1.29 is 5.11 Å². The Bertz CT molecular complexity index is 313. The van der Waals surface area contributed by atoms with Crippen LogP contribution in [0.15, 0.2) is 18.2 Å². The fraction of sp³-hybridized carbons (Fsp3) is 0.538. The predicted octanol–water partition coefficient (Wildman–Crippen LogP) is 3.31. The van der Waals surface area contributed by atoms with Crippen LogP contribution in [0.25, 0.3) is 0 Å². The van der Waals surface area contributed by atoms with E-state index in [1.165, 1.54) is 11.1 Å². The van der Waals surface area contributed by atoms with Crippen molar-refractivity contribution in [3.63, 3.8) is 0 Å². The van der Waals surface area contributed by atoms with Crippen LogP contribution in [0.2, 0.25) is 0 Å². The summed E-state index contributed by atoms with van der Waals surface area (Å²) in [4.78, 5) is 0. The van der Waals surface area contributed by atoms with Gasteiger partial charge >= 0.3 is 0 Å². The van der Waals surface area contributed by atoms with E-state index in [0.717, 1.165) is 18.4 Å². The molecule has 1 aromatic carbocycles. The molecule has 78 valence electrons. The first-order valence-electron chi connectivity index (χ1n) is 5.28. The lowest BCUT2D eigenvalue weighted by Crippen LogP contribution is -2.22. The standard InChI is InChI=1S/C13H20O/c1-5-9-13(4,14)12-8-6-7-10(2)11(12)3/h6-8,14H,5,9H2,1-4H3/t13-/m0/s1. The maximum absolute atomic E-state index is 10.3. The second-order valence-corrected chi connectivity index (χ2v) is 4.27. The Balaban J connectivity index is 3.12. The SMILES string of the molecule is CCC[C@](C)(O)c1cccc(C)c1C. The Morgan fingerprint density at radius 1 is 1.29 bits per heavy atom. The molecule has 0 aliphatic carbocycles. The summed E-state index contributed by atoms with van der Waals surface area (Å²) in [5.41, 5.74) is 2.86. The summed E-state index contributed by atoms with van der Waals surface area (Å²) in [6.45, 7) is 8.16. The molecule has 0 fully saturated rings. The summed E-state index contributed by atoms with van der Waals surface area (Å²) in [6, 6.07) is 6.13. The molecule has 14 heavy (non-hydrogen) atoms. The van der Waals surface area contributed by atoms with E-state index in [1.54, 1.807) is 0 Å². The molecule has 0 unspecified atom stereocenters. The lowest BCUT2D eigenvalue weighted by Gasteiger charge is -2.26. The van der Waals surface area contributed by atoms with Gasteiger partial charge in [0.2, 0.25) is 0 Å². The van der Waals surface area contributed by atoms with Crippen molar-refractivity contribution in [2.75, 3.05) is 0 Å². The molecular formula is C13H20O. The summed E-state index contributed by atoms with van der Waals surface area (Å²) in [6.07, 6.45) is 1.82. The van der Waals surface area contributed by atoms with Crippen molar-refractivity contribution in [3.05, 3.63) is 34.9 Å². The maximum atomic E-state index is 10.3. The van der Waals surface area contributed by atoms with Crippen LogP contribution < -0.4 is 0 Å². The van der Waals surface area contributed by atoms with Gasteiger partial charge in [-0.1, -0.05) is 31.5 Å². The molecule has 0 radical (unpaired) electrons. The van der Waals surface area contributed by atoms with Crippen LogP contribution in [-0.2, 0) is 5.60 Å². The number of benzene rings is 1. The molecule has 1 heteroatoms. The van der Waals surface area contributed by atoms with Crippen molar-refractivity contribution in [1.82, 2.24) is 0 Å². The van der Waals surface area contributed by atoms with E-state index in [9.17, 15) is 5.11 Å². The topological polar surface area (TPSA) is 20.2 Å². The van der Waals surface area contributed by atoms with Gasteiger partial charge in [0, 0.05) is 0 Å². The zero-order valence-corrected chi connectivity index (χ0v) is 9.59. The van der Waals surface area contributed by atoms with Gasteiger partial charge in [0.15, 0.2) is 0 Å². The van der Waals surface area contributed by atoms with E-state index in [-0.39, 0.29) is 0 Å². The van der Waals surface area contributed by atoms with Crippen LogP contribution in [0, 0.1) is 13.8 Å². The monoisotopic (exact) mass is 192 g/mol. The van der Waals surface area contributed by atoms with Gasteiger partial charge < -0.3 is 5.11 Å². The van der Waals surface area contributed by atoms with Crippen LogP contribution in [0.1, 0.15) is 43.4 Å². The molecule has 1 N–H and O–H groups in total. The normalized spacial score (nSPS) is 15.2. The fourth-order valence-electron chi connectivity index (χ4n) is 1.96. The average molecular weight is 192 g/mol. The van der Waals surface area contributed by atoms with Gasteiger partial charge in [-0.15, -0.1) is 0 Å². The number of hydrogen-bond donors (Lipinski definition) is 1. The molecule has 0 spiro atoms. The quantitative estimate of drug-likeness (QED) is 0.779. The van der Waals surface area contributed by atoms with E-state index >= 15 is 0 Å². The summed E-state index contributed by atoms with van der Waals surface area (Å²) in [5.74, 6) is 0. The molecule has 0 heterocycles. The minimum Gasteiger partial charge on any atom is -0.385 e. The summed E-state index contributed by atoms with van der Waals surface area (Å²) in [7, 11) is 0. The minimum atomic E-state index is -0.676. The fourth-order valence-corrected chi connectivity index (χ4v) is 1.96. The lowest BCUT2D eigenvalue weighted by molar-refractivity contribution is 0.0463. The van der Waals surface area contributed by atoms with Gasteiger partial charge in [-0.3, -0.25) is 0 Å². The van der Waals surface area contributed by atoms with Gasteiger partial charge in [0.25, 0.3) is 0 Å². The first kappa shape index (κ1) is 11.3. The molecule has 1 nitrogen and oxygen atoms in total. The van der Waals surface area contributed by atoms with Crippen LogP contribution >= 0.6 is 0 Å². The van der Waals surface area contributed by atoms with Crippen molar-refractivity contribution in [3.8, 4) is 0 Å². The molecule has 0 aliphatic rings. The molecule has 1 aromatic rings. The predicted molar refractivity (Wildman–Crippen MR) is 60.4 cm³/mol. The van der Waals surface area contributed by atoms with Crippen molar-refractivity contribution >= 4 is 0 Å². The van der Waals surface area contributed by atoms with Gasteiger partial charge in [-0.2, -0.15) is 0 Å². The maximum Gasteiger partial charge on any atom is 0.0871 e. The van der Waals surface area contributed by atoms with E-state index in [0.29, 0.717) is 0 Å². The molecule has 1 atom stereocenters. The summed E-state index contributed by atoms with van der Waals surface area (Å²) >= 11 is 0. The third kappa shape index (κ3) is 2.16. The van der Waals surface area contributed by atoms with E-state index in [1.807, 2.05) is 19.1 Å². The molecule has 1 rings (SSSR count). The van der Waals surface area contributed by atoms with Crippen molar-refractivity contribution in [2.45, 2.75) is 46.1 Å². The highest BCUT2D eigenvalue weighted by molar-refractivity contribution is 5.36. The van der Waals surface area contributed by atoms with Gasteiger partial charge in [0.1, 0.15) is 0 Å². The van der Waals surface area contributed by atoms with Crippen LogP contribution in [0.3, 0.4) is 0 Å². The summed E-state index contributed by atoms with van der Waals surface area (Å²) < 4.78 is 0. The molecule has 0 saturated carbocycles. The smallest absolute Gasteiger partial charge is 0.0871 e. The molecule has 0 saturated heterocycles. The first-order valence-corrected chi connectivity index (χ1v) is 5.28. The Morgan fingerprint density at radius 2 is 1.93 bits per heavy atom. The second kappa shape index (κ2) is 4.14. The highest BCUT2D eigenvalue weighted by Crippen LogP contribution is 2.29. The lowest BCUT2D eigenvalue weighted by atomic mass is 9.87. The van der Waals surface area contributed by atoms with Crippen LogP contribution in [0.5, 0.6) is 0 Å². The first-order chi connectivity index (χ1) is 6.49. The number of rotatable bonds is 3. The molecular weight excluding hydrogens is 172 g/mol. The largest absolute Gasteiger partial charge is 0.385 e. The Labute approximate surface area is 86.8 Å². The van der Waals surface area contributed by atoms with Crippen LogP contribution in [-0.4, -0.2) is 5.11 Å². The third-order valence-electron chi connectivity index (χ3n) is 2.92. The Hall–Kier alpha value is -0.820. The number of hydrogen-bond acceptors (Lipinski definition) is 1. The molecule has 0 aromatic heterocycles. The zero-order valence-electron chi connectivity index (χ0n) is 9.59. The van der Waals surface area contributed by atoms with E-state index < -0.39 is 5.60 Å². The van der Waals surface area contributed by atoms with E-state index in [4.69, 9.17) is 0 Å². The van der Waals surface area contributed by atoms with Gasteiger partial charge in [0.05, 0.1) is 5.60 Å². The van der Waals surface area contributed by atoms with Crippen molar-refractivity contribution in [2.24, 2.45) is 0 Å². The van der Waals surface area contributed by atoms with Gasteiger partial charge in [-0.05, 0) is 43.9 Å². The molecule has 0 bridgehead atoms. The second-order valence-electron chi connectivity index (χ2n) is 4.27. The van der Waals surface area contributed by atoms with Crippen LogP contribution in [0.4, 0.5) is 0 Å². The van der Waals surface area contributed by atoms with Crippen molar-refractivity contribution in [1.29, 1.82) is 0 Å². The highest BCUT2D eigenvalue weighted by atomic mass is 16.3. The molecule has 0 aliphatic heterocycles. The van der Waals surface area contributed by atoms with E-state index in [2.05, 4.69) is 26.8 Å². The third-order valence-corrected chi connectivity index (χ3v) is 2.92. The van der Waals surface area contributed by atoms with Gasteiger partial charge in [-0.25, -0.2) is 0 Å². The summed E-state index contributed by atoms with van der Waals surface area (Å²) in [5, 5.41) is 10.3.